The van der Waals surface area contributed by atoms with E-state index >= 15 is 0 Å². The smallest absolute Gasteiger partial charge is 0.170 e. The van der Waals surface area contributed by atoms with Crippen molar-refractivity contribution in [3.8, 4) is 0 Å². The zero-order valence-corrected chi connectivity index (χ0v) is 12.3. The van der Waals surface area contributed by atoms with Crippen molar-refractivity contribution in [1.82, 2.24) is 0 Å². The fourth-order valence-corrected chi connectivity index (χ4v) is 2.28. The summed E-state index contributed by atoms with van der Waals surface area (Å²) in [6.45, 7) is 0.447. The highest BCUT2D eigenvalue weighted by Crippen LogP contribution is 2.18. The van der Waals surface area contributed by atoms with Crippen LogP contribution in [0.3, 0.4) is 0 Å². The summed E-state index contributed by atoms with van der Waals surface area (Å²) < 4.78 is 13.5. The minimum atomic E-state index is -0.423. The van der Waals surface area contributed by atoms with Crippen LogP contribution in [0, 0.1) is 5.82 Å². The SMILES string of the molecule is CSc1ccc(NCc2cc(F)cc(/C(N)=N/O)c2)cc1. The molecule has 0 atom stereocenters. The molecule has 0 aliphatic carbocycles. The van der Waals surface area contributed by atoms with E-state index in [-0.39, 0.29) is 5.84 Å². The Labute approximate surface area is 126 Å². The zero-order valence-electron chi connectivity index (χ0n) is 11.5. The van der Waals surface area contributed by atoms with E-state index in [0.29, 0.717) is 17.7 Å². The molecule has 0 radical (unpaired) electrons. The molecule has 6 heteroatoms. The number of halogens is 1. The maximum absolute atomic E-state index is 13.5. The van der Waals surface area contributed by atoms with E-state index in [1.165, 1.54) is 17.0 Å². The molecule has 0 aliphatic rings. The van der Waals surface area contributed by atoms with Crippen LogP contribution in [0.25, 0.3) is 0 Å². The number of hydrogen-bond donors (Lipinski definition) is 3. The van der Waals surface area contributed by atoms with E-state index in [1.54, 1.807) is 17.8 Å². The van der Waals surface area contributed by atoms with E-state index in [4.69, 9.17) is 10.9 Å². The Hall–Kier alpha value is -2.21. The zero-order chi connectivity index (χ0) is 15.2. The van der Waals surface area contributed by atoms with Crippen LogP contribution in [-0.4, -0.2) is 17.3 Å². The van der Waals surface area contributed by atoms with Crippen molar-refractivity contribution in [2.24, 2.45) is 10.9 Å². The van der Waals surface area contributed by atoms with Crippen molar-refractivity contribution in [1.29, 1.82) is 0 Å². The second-order valence-electron chi connectivity index (χ2n) is 4.42. The first-order valence-electron chi connectivity index (χ1n) is 6.27. The largest absolute Gasteiger partial charge is 0.409 e. The van der Waals surface area contributed by atoms with Crippen LogP contribution in [0.15, 0.2) is 52.5 Å². The van der Waals surface area contributed by atoms with Gasteiger partial charge in [0.1, 0.15) is 5.82 Å². The lowest BCUT2D eigenvalue weighted by Crippen LogP contribution is -2.14. The van der Waals surface area contributed by atoms with Crippen LogP contribution in [-0.2, 0) is 6.54 Å². The van der Waals surface area contributed by atoms with Gasteiger partial charge in [-0.25, -0.2) is 4.39 Å². The molecule has 0 aromatic heterocycles. The number of rotatable bonds is 5. The topological polar surface area (TPSA) is 70.6 Å². The summed E-state index contributed by atoms with van der Waals surface area (Å²) in [5.74, 6) is -0.534. The van der Waals surface area contributed by atoms with Gasteiger partial charge in [-0.3, -0.25) is 0 Å². The van der Waals surface area contributed by atoms with Gasteiger partial charge in [0.15, 0.2) is 5.84 Å². The number of nitrogens with zero attached hydrogens (tertiary/aromatic N) is 1. The van der Waals surface area contributed by atoms with Crippen molar-refractivity contribution >= 4 is 23.3 Å². The number of anilines is 1. The average molecular weight is 305 g/mol. The fourth-order valence-electron chi connectivity index (χ4n) is 1.87. The molecule has 0 aliphatic heterocycles. The average Bonchev–Trinajstić information content (AvgIpc) is 2.52. The van der Waals surface area contributed by atoms with Gasteiger partial charge in [0.05, 0.1) is 0 Å². The Morgan fingerprint density at radius 1 is 1.29 bits per heavy atom. The van der Waals surface area contributed by atoms with Crippen LogP contribution >= 0.6 is 11.8 Å². The number of nitrogens with one attached hydrogen (secondary N) is 1. The van der Waals surface area contributed by atoms with E-state index in [9.17, 15) is 4.39 Å². The normalized spacial score (nSPS) is 11.4. The third-order valence-corrected chi connectivity index (χ3v) is 3.69. The maximum atomic E-state index is 13.5. The minimum Gasteiger partial charge on any atom is -0.409 e. The van der Waals surface area contributed by atoms with Gasteiger partial charge in [0.2, 0.25) is 0 Å². The van der Waals surface area contributed by atoms with Crippen LogP contribution in [0.2, 0.25) is 0 Å². The first-order chi connectivity index (χ1) is 10.1. The van der Waals surface area contributed by atoms with Gasteiger partial charge in [-0.15, -0.1) is 11.8 Å². The first kappa shape index (κ1) is 15.2. The standard InChI is InChI=1S/C15H16FN3OS/c1-21-14-4-2-13(3-5-14)18-9-10-6-11(15(17)19-20)8-12(16)7-10/h2-8,18,20H,9H2,1H3,(H2,17,19). The van der Waals surface area contributed by atoms with Gasteiger partial charge in [0.25, 0.3) is 0 Å². The lowest BCUT2D eigenvalue weighted by molar-refractivity contribution is 0.318. The van der Waals surface area contributed by atoms with Gasteiger partial charge in [-0.2, -0.15) is 0 Å². The van der Waals surface area contributed by atoms with Crippen molar-refractivity contribution in [2.75, 3.05) is 11.6 Å². The Morgan fingerprint density at radius 3 is 2.62 bits per heavy atom. The lowest BCUT2D eigenvalue weighted by Gasteiger charge is -2.09. The summed E-state index contributed by atoms with van der Waals surface area (Å²) in [6, 6.07) is 12.3. The summed E-state index contributed by atoms with van der Waals surface area (Å²) in [5.41, 5.74) is 7.50. The van der Waals surface area contributed by atoms with Gasteiger partial charge < -0.3 is 16.3 Å². The van der Waals surface area contributed by atoms with Crippen LogP contribution in [0.5, 0.6) is 0 Å². The molecular formula is C15H16FN3OS. The predicted octanol–water partition coefficient (Wildman–Crippen LogP) is 3.25. The molecule has 110 valence electrons. The summed E-state index contributed by atoms with van der Waals surface area (Å²) in [7, 11) is 0. The number of hydrogen-bond acceptors (Lipinski definition) is 4. The summed E-state index contributed by atoms with van der Waals surface area (Å²) in [4.78, 5) is 1.18. The van der Waals surface area contributed by atoms with Crippen LogP contribution in [0.1, 0.15) is 11.1 Å². The van der Waals surface area contributed by atoms with Crippen LogP contribution in [0.4, 0.5) is 10.1 Å². The molecule has 0 bridgehead atoms. The van der Waals surface area contributed by atoms with E-state index in [2.05, 4.69) is 10.5 Å². The minimum absolute atomic E-state index is 0.111. The molecule has 2 rings (SSSR count). The second kappa shape index (κ2) is 6.99. The van der Waals surface area contributed by atoms with Gasteiger partial charge in [0, 0.05) is 22.7 Å². The Balaban J connectivity index is 2.10. The molecule has 0 fully saturated rings. The quantitative estimate of drug-likeness (QED) is 0.261. The molecular weight excluding hydrogens is 289 g/mol. The number of benzene rings is 2. The molecule has 4 nitrogen and oxygen atoms in total. The molecule has 0 amide bonds. The summed E-state index contributed by atoms with van der Waals surface area (Å²) >= 11 is 1.67. The third-order valence-electron chi connectivity index (χ3n) is 2.95. The predicted molar refractivity (Wildman–Crippen MR) is 84.5 cm³/mol. The molecule has 0 spiro atoms. The van der Waals surface area contributed by atoms with Crippen molar-refractivity contribution in [2.45, 2.75) is 11.4 Å². The van der Waals surface area contributed by atoms with Gasteiger partial charge >= 0.3 is 0 Å². The number of nitrogens with two attached hydrogens (primary N) is 1. The highest BCUT2D eigenvalue weighted by Gasteiger charge is 2.05. The molecule has 0 unspecified atom stereocenters. The Kier molecular flexibility index (Phi) is 5.05. The summed E-state index contributed by atoms with van der Waals surface area (Å²) in [5, 5.41) is 14.7. The number of oxime groups is 1. The van der Waals surface area contributed by atoms with E-state index < -0.39 is 5.82 Å². The highest BCUT2D eigenvalue weighted by atomic mass is 32.2. The second-order valence-corrected chi connectivity index (χ2v) is 5.30. The van der Waals surface area contributed by atoms with Gasteiger partial charge in [-0.1, -0.05) is 5.16 Å². The number of amidine groups is 1. The Morgan fingerprint density at radius 2 is 2.00 bits per heavy atom. The monoisotopic (exact) mass is 305 g/mol. The third kappa shape index (κ3) is 4.13. The van der Waals surface area contributed by atoms with E-state index in [1.807, 2.05) is 30.5 Å². The van der Waals surface area contributed by atoms with Gasteiger partial charge in [-0.05, 0) is 54.3 Å². The Bertz CT molecular complexity index is 644. The molecule has 21 heavy (non-hydrogen) atoms. The lowest BCUT2D eigenvalue weighted by atomic mass is 10.1. The first-order valence-corrected chi connectivity index (χ1v) is 7.50. The fraction of sp³-hybridized carbons (Fsp3) is 0.133. The molecule has 0 heterocycles. The molecule has 0 saturated heterocycles. The van der Waals surface area contributed by atoms with Crippen LogP contribution < -0.4 is 11.1 Å². The van der Waals surface area contributed by atoms with Crippen molar-refractivity contribution < 1.29 is 9.60 Å². The van der Waals surface area contributed by atoms with Crippen molar-refractivity contribution in [3.63, 3.8) is 0 Å². The highest BCUT2D eigenvalue weighted by molar-refractivity contribution is 7.98. The summed E-state index contributed by atoms with van der Waals surface area (Å²) in [6.07, 6.45) is 2.02. The van der Waals surface area contributed by atoms with Crippen molar-refractivity contribution in [3.05, 3.63) is 59.4 Å². The molecule has 0 saturated carbocycles. The molecule has 4 N–H and O–H groups in total. The number of thioether (sulfide) groups is 1. The van der Waals surface area contributed by atoms with E-state index in [0.717, 1.165) is 5.69 Å². The maximum Gasteiger partial charge on any atom is 0.170 e. The molecule has 2 aromatic carbocycles. The molecule has 2 aromatic rings.